The van der Waals surface area contributed by atoms with Gasteiger partial charge in [0.15, 0.2) is 5.69 Å². The lowest BCUT2D eigenvalue weighted by atomic mass is 10.1. The lowest BCUT2D eigenvalue weighted by Gasteiger charge is -2.22. The van der Waals surface area contributed by atoms with E-state index in [1.165, 1.54) is 0 Å². The lowest BCUT2D eigenvalue weighted by Crippen LogP contribution is -2.26. The molecule has 0 radical (unpaired) electrons. The molecule has 1 heterocycles. The zero-order valence-corrected chi connectivity index (χ0v) is 17.5. The number of para-hydroxylation sites is 2. The fourth-order valence-corrected chi connectivity index (χ4v) is 3.39. The highest BCUT2D eigenvalue weighted by Crippen LogP contribution is 2.41. The summed E-state index contributed by atoms with van der Waals surface area (Å²) in [4.78, 5) is 25.5. The Morgan fingerprint density at radius 2 is 1.47 bits per heavy atom. The van der Waals surface area contributed by atoms with Gasteiger partial charge < -0.3 is 10.6 Å². The fourth-order valence-electron chi connectivity index (χ4n) is 3.39. The third-order valence-electron chi connectivity index (χ3n) is 5.06. The standard InChI is InChI=1S/C24H26N4O2/c1-24(2,3)28-21(16-13-14-16)15-20(27-28)23(30)26-19-12-8-7-11-18(19)25-22(29)17-9-5-4-6-10-17/h4-12,15-16H,13-14H2,1-3H3,(H,25,29)(H,26,30). The van der Waals surface area contributed by atoms with Crippen LogP contribution in [0.2, 0.25) is 0 Å². The number of hydrogen-bond acceptors (Lipinski definition) is 3. The van der Waals surface area contributed by atoms with Crippen LogP contribution in [0.25, 0.3) is 0 Å². The Morgan fingerprint density at radius 1 is 0.900 bits per heavy atom. The van der Waals surface area contributed by atoms with Gasteiger partial charge in [-0.2, -0.15) is 5.10 Å². The molecular formula is C24H26N4O2. The molecule has 0 bridgehead atoms. The van der Waals surface area contributed by atoms with Gasteiger partial charge in [-0.15, -0.1) is 0 Å². The van der Waals surface area contributed by atoms with E-state index in [1.54, 1.807) is 24.3 Å². The van der Waals surface area contributed by atoms with E-state index < -0.39 is 0 Å². The van der Waals surface area contributed by atoms with Crippen molar-refractivity contribution < 1.29 is 9.59 Å². The topological polar surface area (TPSA) is 76.0 Å². The average molecular weight is 402 g/mol. The molecular weight excluding hydrogens is 376 g/mol. The summed E-state index contributed by atoms with van der Waals surface area (Å²) in [6, 6.07) is 18.0. The predicted molar refractivity (Wildman–Crippen MR) is 118 cm³/mol. The quantitative estimate of drug-likeness (QED) is 0.629. The summed E-state index contributed by atoms with van der Waals surface area (Å²) in [6.07, 6.45) is 2.27. The molecule has 0 spiro atoms. The number of rotatable bonds is 5. The summed E-state index contributed by atoms with van der Waals surface area (Å²) < 4.78 is 1.96. The van der Waals surface area contributed by atoms with E-state index in [9.17, 15) is 9.59 Å². The SMILES string of the molecule is CC(C)(C)n1nc(C(=O)Nc2ccccc2NC(=O)c2ccccc2)cc1C1CC1. The van der Waals surface area contributed by atoms with E-state index in [4.69, 9.17) is 0 Å². The van der Waals surface area contributed by atoms with Gasteiger partial charge in [0, 0.05) is 17.2 Å². The van der Waals surface area contributed by atoms with E-state index in [1.807, 2.05) is 41.1 Å². The van der Waals surface area contributed by atoms with Gasteiger partial charge in [0.05, 0.1) is 16.9 Å². The fraction of sp³-hybridized carbons (Fsp3) is 0.292. The number of anilines is 2. The van der Waals surface area contributed by atoms with Gasteiger partial charge in [0.1, 0.15) is 0 Å². The van der Waals surface area contributed by atoms with E-state index in [0.717, 1.165) is 18.5 Å². The number of carbonyl (C=O) groups excluding carboxylic acids is 2. The van der Waals surface area contributed by atoms with Crippen molar-refractivity contribution in [2.75, 3.05) is 10.6 Å². The highest BCUT2D eigenvalue weighted by atomic mass is 16.2. The van der Waals surface area contributed by atoms with Crippen LogP contribution in [0.3, 0.4) is 0 Å². The second-order valence-corrected chi connectivity index (χ2v) is 8.63. The molecule has 30 heavy (non-hydrogen) atoms. The average Bonchev–Trinajstić information content (AvgIpc) is 3.46. The molecule has 4 rings (SSSR count). The van der Waals surface area contributed by atoms with Crippen molar-refractivity contribution in [3.05, 3.63) is 77.6 Å². The molecule has 1 aliphatic rings. The highest BCUT2D eigenvalue weighted by molar-refractivity contribution is 6.09. The third kappa shape index (κ3) is 4.27. The molecule has 0 aliphatic heterocycles. The van der Waals surface area contributed by atoms with Gasteiger partial charge in [0.2, 0.25) is 0 Å². The summed E-state index contributed by atoms with van der Waals surface area (Å²) in [6.45, 7) is 6.26. The summed E-state index contributed by atoms with van der Waals surface area (Å²) in [5, 5.41) is 10.4. The molecule has 0 saturated heterocycles. The number of amides is 2. The molecule has 3 aromatic rings. The predicted octanol–water partition coefficient (Wildman–Crippen LogP) is 5.02. The first kappa shape index (κ1) is 19.9. The first-order valence-electron chi connectivity index (χ1n) is 10.2. The van der Waals surface area contributed by atoms with Crippen LogP contribution < -0.4 is 10.6 Å². The summed E-state index contributed by atoms with van der Waals surface area (Å²) in [5.41, 5.74) is 2.92. The Labute approximate surface area is 176 Å². The second kappa shape index (κ2) is 7.78. The van der Waals surface area contributed by atoms with Gasteiger partial charge in [0.25, 0.3) is 11.8 Å². The Balaban J connectivity index is 1.55. The lowest BCUT2D eigenvalue weighted by molar-refractivity contribution is 0.101. The van der Waals surface area contributed by atoms with Crippen LogP contribution in [0.5, 0.6) is 0 Å². The first-order chi connectivity index (χ1) is 14.3. The van der Waals surface area contributed by atoms with Gasteiger partial charge in [-0.1, -0.05) is 30.3 Å². The highest BCUT2D eigenvalue weighted by Gasteiger charge is 2.32. The molecule has 6 heteroatoms. The van der Waals surface area contributed by atoms with Crippen LogP contribution in [0.15, 0.2) is 60.7 Å². The second-order valence-electron chi connectivity index (χ2n) is 8.63. The van der Waals surface area contributed by atoms with Gasteiger partial charge >= 0.3 is 0 Å². The van der Waals surface area contributed by atoms with Crippen molar-refractivity contribution in [1.29, 1.82) is 0 Å². The van der Waals surface area contributed by atoms with E-state index in [0.29, 0.717) is 28.6 Å². The van der Waals surface area contributed by atoms with Crippen LogP contribution in [0.4, 0.5) is 11.4 Å². The van der Waals surface area contributed by atoms with Crippen LogP contribution in [0, 0.1) is 0 Å². The largest absolute Gasteiger partial charge is 0.320 e. The van der Waals surface area contributed by atoms with Crippen molar-refractivity contribution >= 4 is 23.2 Å². The van der Waals surface area contributed by atoms with E-state index >= 15 is 0 Å². The minimum atomic E-state index is -0.290. The number of nitrogens with one attached hydrogen (secondary N) is 2. The van der Waals surface area contributed by atoms with Crippen LogP contribution in [0.1, 0.15) is 66.1 Å². The molecule has 2 N–H and O–H groups in total. The normalized spacial score (nSPS) is 13.7. The number of aromatic nitrogens is 2. The summed E-state index contributed by atoms with van der Waals surface area (Å²) in [5.74, 6) is -0.0395. The molecule has 154 valence electrons. The first-order valence-corrected chi connectivity index (χ1v) is 10.2. The maximum absolute atomic E-state index is 13.0. The van der Waals surface area contributed by atoms with Crippen molar-refractivity contribution in [1.82, 2.24) is 9.78 Å². The van der Waals surface area contributed by atoms with Crippen molar-refractivity contribution in [3.8, 4) is 0 Å². The molecule has 1 saturated carbocycles. The molecule has 6 nitrogen and oxygen atoms in total. The smallest absolute Gasteiger partial charge is 0.276 e. The molecule has 1 aliphatic carbocycles. The third-order valence-corrected chi connectivity index (χ3v) is 5.06. The Hall–Kier alpha value is -3.41. The van der Waals surface area contributed by atoms with Crippen LogP contribution in [-0.2, 0) is 5.54 Å². The molecule has 2 aromatic carbocycles. The zero-order chi connectivity index (χ0) is 21.3. The number of nitrogens with zero attached hydrogens (tertiary/aromatic N) is 2. The van der Waals surface area contributed by atoms with Crippen LogP contribution >= 0.6 is 0 Å². The maximum atomic E-state index is 13.0. The summed E-state index contributed by atoms with van der Waals surface area (Å²) in [7, 11) is 0. The summed E-state index contributed by atoms with van der Waals surface area (Å²) >= 11 is 0. The van der Waals surface area contributed by atoms with E-state index in [2.05, 4.69) is 36.5 Å². The Kier molecular flexibility index (Phi) is 5.16. The minimum Gasteiger partial charge on any atom is -0.320 e. The Morgan fingerprint density at radius 3 is 2.03 bits per heavy atom. The maximum Gasteiger partial charge on any atom is 0.276 e. The molecule has 2 amide bonds. The number of carbonyl (C=O) groups is 2. The monoisotopic (exact) mass is 402 g/mol. The van der Waals surface area contributed by atoms with Gasteiger partial charge in [-0.3, -0.25) is 14.3 Å². The number of benzene rings is 2. The van der Waals surface area contributed by atoms with Crippen molar-refractivity contribution in [2.45, 2.75) is 45.1 Å². The molecule has 1 aromatic heterocycles. The minimum absolute atomic E-state index is 0.196. The molecule has 0 atom stereocenters. The van der Waals surface area contributed by atoms with Gasteiger partial charge in [-0.25, -0.2) is 0 Å². The van der Waals surface area contributed by atoms with Gasteiger partial charge in [-0.05, 0) is 63.9 Å². The zero-order valence-electron chi connectivity index (χ0n) is 17.5. The van der Waals surface area contributed by atoms with E-state index in [-0.39, 0.29) is 17.4 Å². The number of hydrogen-bond donors (Lipinski definition) is 2. The van der Waals surface area contributed by atoms with Crippen molar-refractivity contribution in [3.63, 3.8) is 0 Å². The van der Waals surface area contributed by atoms with Crippen molar-refractivity contribution in [2.24, 2.45) is 0 Å². The molecule has 1 fully saturated rings. The molecule has 0 unspecified atom stereocenters. The Bertz CT molecular complexity index is 1080. The van der Waals surface area contributed by atoms with Crippen LogP contribution in [-0.4, -0.2) is 21.6 Å².